The highest BCUT2D eigenvalue weighted by Crippen LogP contribution is 2.31. The van der Waals surface area contributed by atoms with E-state index in [1.807, 2.05) is 30.3 Å². The summed E-state index contributed by atoms with van der Waals surface area (Å²) in [6, 6.07) is 10.0. The molecule has 0 unspecified atom stereocenters. The number of hydrogen-bond acceptors (Lipinski definition) is 3. The summed E-state index contributed by atoms with van der Waals surface area (Å²) in [4.78, 5) is 12.6. The average molecular weight is 305 g/mol. The minimum Gasteiger partial charge on any atom is -0.474 e. The first-order chi connectivity index (χ1) is 10.5. The van der Waals surface area contributed by atoms with Crippen LogP contribution >= 0.6 is 0 Å². The zero-order chi connectivity index (χ0) is 16.0. The molecule has 1 amide bonds. The molecular formula is C17H23NO4. The number of nitrogens with zero attached hydrogens (tertiary/aromatic N) is 1. The van der Waals surface area contributed by atoms with Crippen LogP contribution in [0.1, 0.15) is 38.7 Å². The van der Waals surface area contributed by atoms with Gasteiger partial charge in [-0.3, -0.25) is 0 Å². The molecule has 1 aromatic carbocycles. The van der Waals surface area contributed by atoms with Crippen molar-refractivity contribution < 1.29 is 19.4 Å². The number of amides is 1. The third-order valence-corrected chi connectivity index (χ3v) is 3.58. The van der Waals surface area contributed by atoms with Crippen molar-refractivity contribution in [3.05, 3.63) is 47.9 Å². The third-order valence-electron chi connectivity index (χ3n) is 3.58. The number of allylic oxidation sites excluding steroid dienone is 1. The second-order valence-electron chi connectivity index (χ2n) is 5.79. The normalized spacial score (nSPS) is 16.3. The van der Waals surface area contributed by atoms with Gasteiger partial charge in [0.15, 0.2) is 5.72 Å². The molecule has 0 bridgehead atoms. The Morgan fingerprint density at radius 1 is 1.27 bits per heavy atom. The number of ether oxygens (including phenoxy) is 2. The summed E-state index contributed by atoms with van der Waals surface area (Å²) in [6.07, 6.45) is 3.00. The SMILES string of the molecule is CC1(C)OC=C(CCCCOCc2ccccc2)N1C(=O)O. The van der Waals surface area contributed by atoms with E-state index in [1.165, 1.54) is 4.90 Å². The van der Waals surface area contributed by atoms with Crippen molar-refractivity contribution in [2.45, 2.75) is 45.4 Å². The quantitative estimate of drug-likeness (QED) is 0.775. The molecule has 1 aliphatic heterocycles. The maximum atomic E-state index is 11.3. The smallest absolute Gasteiger partial charge is 0.414 e. The van der Waals surface area contributed by atoms with Gasteiger partial charge in [-0.15, -0.1) is 0 Å². The van der Waals surface area contributed by atoms with Crippen molar-refractivity contribution >= 4 is 6.09 Å². The van der Waals surface area contributed by atoms with Crippen molar-refractivity contribution in [2.75, 3.05) is 6.61 Å². The lowest BCUT2D eigenvalue weighted by molar-refractivity contribution is -0.0237. The summed E-state index contributed by atoms with van der Waals surface area (Å²) in [5.41, 5.74) is 1.05. The number of hydrogen-bond donors (Lipinski definition) is 1. The molecule has 0 aromatic heterocycles. The number of benzene rings is 1. The van der Waals surface area contributed by atoms with Crippen LogP contribution in [0.4, 0.5) is 4.79 Å². The fraction of sp³-hybridized carbons (Fsp3) is 0.471. The van der Waals surface area contributed by atoms with Gasteiger partial charge in [0.2, 0.25) is 0 Å². The molecule has 5 heteroatoms. The zero-order valence-electron chi connectivity index (χ0n) is 13.1. The summed E-state index contributed by atoms with van der Waals surface area (Å²) in [6.45, 7) is 4.77. The molecule has 0 atom stereocenters. The van der Waals surface area contributed by atoms with E-state index in [-0.39, 0.29) is 0 Å². The van der Waals surface area contributed by atoms with E-state index >= 15 is 0 Å². The Balaban J connectivity index is 1.66. The zero-order valence-corrected chi connectivity index (χ0v) is 13.1. The van der Waals surface area contributed by atoms with Crippen LogP contribution in [0.5, 0.6) is 0 Å². The summed E-state index contributed by atoms with van der Waals surface area (Å²) in [5, 5.41) is 9.27. The molecule has 1 N–H and O–H groups in total. The molecule has 0 saturated carbocycles. The highest BCUT2D eigenvalue weighted by molar-refractivity contribution is 5.68. The number of carbonyl (C=O) groups is 1. The minimum atomic E-state index is -0.978. The highest BCUT2D eigenvalue weighted by Gasteiger charge is 2.39. The molecule has 0 aliphatic carbocycles. The third kappa shape index (κ3) is 4.24. The fourth-order valence-electron chi connectivity index (χ4n) is 2.46. The maximum absolute atomic E-state index is 11.3. The van der Waals surface area contributed by atoms with Crippen molar-refractivity contribution in [3.8, 4) is 0 Å². The first kappa shape index (κ1) is 16.4. The molecule has 22 heavy (non-hydrogen) atoms. The molecule has 5 nitrogen and oxygen atoms in total. The summed E-state index contributed by atoms with van der Waals surface area (Å²) in [5.74, 6) is 0. The van der Waals surface area contributed by atoms with Crippen LogP contribution in [0.15, 0.2) is 42.3 Å². The molecule has 1 aromatic rings. The highest BCUT2D eigenvalue weighted by atomic mass is 16.5. The molecule has 1 heterocycles. The lowest BCUT2D eigenvalue weighted by atomic mass is 10.1. The Kier molecular flexibility index (Phi) is 5.44. The Bertz CT molecular complexity index is 525. The van der Waals surface area contributed by atoms with Gasteiger partial charge in [-0.25, -0.2) is 9.69 Å². The van der Waals surface area contributed by atoms with Gasteiger partial charge in [0, 0.05) is 6.61 Å². The second kappa shape index (κ2) is 7.31. The Morgan fingerprint density at radius 2 is 2.00 bits per heavy atom. The van der Waals surface area contributed by atoms with Crippen molar-refractivity contribution in [1.29, 1.82) is 0 Å². The molecular weight excluding hydrogens is 282 g/mol. The molecule has 0 radical (unpaired) electrons. The van der Waals surface area contributed by atoms with Crippen LogP contribution in [0, 0.1) is 0 Å². The van der Waals surface area contributed by atoms with Gasteiger partial charge in [0.05, 0.1) is 12.3 Å². The van der Waals surface area contributed by atoms with E-state index in [4.69, 9.17) is 9.47 Å². The lowest BCUT2D eigenvalue weighted by Crippen LogP contribution is -2.43. The summed E-state index contributed by atoms with van der Waals surface area (Å²) < 4.78 is 11.0. The van der Waals surface area contributed by atoms with Crippen molar-refractivity contribution in [3.63, 3.8) is 0 Å². The largest absolute Gasteiger partial charge is 0.474 e. The predicted molar refractivity (Wildman–Crippen MR) is 83.1 cm³/mol. The molecule has 0 fully saturated rings. The van der Waals surface area contributed by atoms with Gasteiger partial charge in [0.1, 0.15) is 6.26 Å². The van der Waals surface area contributed by atoms with E-state index in [0.29, 0.717) is 25.3 Å². The number of carboxylic acid groups (broad SMARTS) is 1. The minimum absolute atomic E-state index is 0.612. The van der Waals surface area contributed by atoms with Gasteiger partial charge in [-0.05, 0) is 38.7 Å². The fourth-order valence-corrected chi connectivity index (χ4v) is 2.46. The molecule has 1 aliphatic rings. The van der Waals surface area contributed by atoms with Crippen LogP contribution in [0.3, 0.4) is 0 Å². The number of unbranched alkanes of at least 4 members (excludes halogenated alkanes) is 1. The molecule has 120 valence electrons. The first-order valence-electron chi connectivity index (χ1n) is 7.52. The molecule has 0 spiro atoms. The van der Waals surface area contributed by atoms with Gasteiger partial charge < -0.3 is 14.6 Å². The van der Waals surface area contributed by atoms with Gasteiger partial charge in [-0.1, -0.05) is 30.3 Å². The Labute approximate surface area is 131 Å². The second-order valence-corrected chi connectivity index (χ2v) is 5.79. The topological polar surface area (TPSA) is 59.0 Å². The van der Waals surface area contributed by atoms with Crippen LogP contribution in [-0.2, 0) is 16.1 Å². The van der Waals surface area contributed by atoms with Crippen molar-refractivity contribution in [1.82, 2.24) is 4.90 Å². The number of rotatable bonds is 7. The molecule has 2 rings (SSSR count). The van der Waals surface area contributed by atoms with Gasteiger partial charge in [0.25, 0.3) is 0 Å². The van der Waals surface area contributed by atoms with Crippen LogP contribution in [-0.4, -0.2) is 28.4 Å². The van der Waals surface area contributed by atoms with Crippen molar-refractivity contribution in [2.24, 2.45) is 0 Å². The standard InChI is InChI=1S/C17H23NO4/c1-17(2)18(16(19)20)15(13-22-17)10-6-7-11-21-12-14-8-4-3-5-9-14/h3-5,8-9,13H,6-7,10-12H2,1-2H3,(H,19,20). The van der Waals surface area contributed by atoms with E-state index in [9.17, 15) is 9.90 Å². The van der Waals surface area contributed by atoms with Crippen LogP contribution < -0.4 is 0 Å². The molecule has 0 saturated heterocycles. The Hall–Kier alpha value is -2.01. The van der Waals surface area contributed by atoms with Gasteiger partial charge in [-0.2, -0.15) is 0 Å². The first-order valence-corrected chi connectivity index (χ1v) is 7.52. The Morgan fingerprint density at radius 3 is 2.68 bits per heavy atom. The lowest BCUT2D eigenvalue weighted by Gasteiger charge is -2.29. The average Bonchev–Trinajstić information content (AvgIpc) is 2.78. The summed E-state index contributed by atoms with van der Waals surface area (Å²) >= 11 is 0. The maximum Gasteiger partial charge on any atom is 0.414 e. The van der Waals surface area contributed by atoms with E-state index in [0.717, 1.165) is 18.4 Å². The van der Waals surface area contributed by atoms with E-state index in [1.54, 1.807) is 20.1 Å². The van der Waals surface area contributed by atoms with Crippen LogP contribution in [0.2, 0.25) is 0 Å². The summed E-state index contributed by atoms with van der Waals surface area (Å²) in [7, 11) is 0. The van der Waals surface area contributed by atoms with E-state index in [2.05, 4.69) is 0 Å². The predicted octanol–water partition coefficient (Wildman–Crippen LogP) is 3.96. The van der Waals surface area contributed by atoms with Gasteiger partial charge >= 0.3 is 6.09 Å². The van der Waals surface area contributed by atoms with E-state index < -0.39 is 11.8 Å². The van der Waals surface area contributed by atoms with Crippen LogP contribution in [0.25, 0.3) is 0 Å². The monoisotopic (exact) mass is 305 g/mol.